The van der Waals surface area contributed by atoms with Crippen LogP contribution in [0.25, 0.3) is 0 Å². The van der Waals surface area contributed by atoms with Crippen LogP contribution in [-0.2, 0) is 11.3 Å². The lowest BCUT2D eigenvalue weighted by Gasteiger charge is -2.34. The van der Waals surface area contributed by atoms with Crippen molar-refractivity contribution in [2.45, 2.75) is 20.4 Å². The summed E-state index contributed by atoms with van der Waals surface area (Å²) in [6.45, 7) is 6.92. The number of piperazine rings is 1. The summed E-state index contributed by atoms with van der Waals surface area (Å²) >= 11 is 0. The van der Waals surface area contributed by atoms with Crippen molar-refractivity contribution < 1.29 is 18.9 Å². The lowest BCUT2D eigenvalue weighted by Crippen LogP contribution is -2.46. The molecule has 0 aromatic carbocycles. The summed E-state index contributed by atoms with van der Waals surface area (Å²) in [4.78, 5) is 35.1. The van der Waals surface area contributed by atoms with Gasteiger partial charge in [0.2, 0.25) is 11.7 Å². The molecule has 1 aliphatic heterocycles. The van der Waals surface area contributed by atoms with Crippen LogP contribution in [0.2, 0.25) is 0 Å². The van der Waals surface area contributed by atoms with Gasteiger partial charge in [0.15, 0.2) is 0 Å². The molecule has 2 aromatic heterocycles. The number of nitrogens with zero attached hydrogens (tertiary/aromatic N) is 5. The number of methoxy groups -OCH3 is 1. The fourth-order valence-corrected chi connectivity index (χ4v) is 2.97. The Bertz CT molecular complexity index is 838. The molecule has 144 valence electrons. The molecular weight excluding hydrogens is 354 g/mol. The molecule has 0 unspecified atom stereocenters. The molecule has 3 heterocycles. The number of hydrogen-bond donors (Lipinski definition) is 0. The molecule has 0 atom stereocenters. The Morgan fingerprint density at radius 2 is 2.04 bits per heavy atom. The first-order valence-electron chi connectivity index (χ1n) is 8.52. The number of aryl methyl sites for hydroxylation is 2. The Labute approximate surface area is 155 Å². The number of aromatic nitrogens is 2. The Morgan fingerprint density at radius 1 is 1.33 bits per heavy atom. The normalized spacial score (nSPS) is 15.0. The maximum atomic E-state index is 11.6. The summed E-state index contributed by atoms with van der Waals surface area (Å²) in [5.41, 5.74) is 0.737. The van der Waals surface area contributed by atoms with E-state index in [2.05, 4.69) is 19.6 Å². The van der Waals surface area contributed by atoms with E-state index in [4.69, 9.17) is 4.42 Å². The Balaban J connectivity index is 1.70. The number of oxazole rings is 1. The largest absolute Gasteiger partial charge is 0.465 e. The monoisotopic (exact) mass is 375 g/mol. The predicted octanol–water partition coefficient (Wildman–Crippen LogP) is 1.70. The number of carbonyl (C=O) groups excluding carboxylic acids is 1. The number of ether oxygens (including phenoxy) is 1. The van der Waals surface area contributed by atoms with Crippen LogP contribution in [0.5, 0.6) is 0 Å². The van der Waals surface area contributed by atoms with Gasteiger partial charge in [0.25, 0.3) is 0 Å². The first kappa shape index (κ1) is 18.8. The van der Waals surface area contributed by atoms with Crippen molar-refractivity contribution in [3.8, 4) is 0 Å². The fraction of sp³-hybridized carbons (Fsp3) is 0.471. The van der Waals surface area contributed by atoms with Crippen LogP contribution in [-0.4, -0.2) is 59.0 Å². The zero-order chi connectivity index (χ0) is 19.6. The quantitative estimate of drug-likeness (QED) is 0.437. The van der Waals surface area contributed by atoms with Crippen molar-refractivity contribution in [1.29, 1.82) is 0 Å². The molecule has 27 heavy (non-hydrogen) atoms. The standard InChI is InChI=1S/C17H21N5O5/c1-11-12(2)27-15(19-11)10-20-4-6-21(7-5-20)16-14(22(24)25)8-13(9-18-16)17(23)26-3/h8-9H,4-7,10H2,1-3H3. The van der Waals surface area contributed by atoms with Gasteiger partial charge in [-0.2, -0.15) is 0 Å². The lowest BCUT2D eigenvalue weighted by atomic mass is 10.2. The number of hydrogen-bond acceptors (Lipinski definition) is 9. The minimum atomic E-state index is -0.654. The minimum Gasteiger partial charge on any atom is -0.465 e. The van der Waals surface area contributed by atoms with Gasteiger partial charge < -0.3 is 14.1 Å². The molecule has 10 heteroatoms. The SMILES string of the molecule is COC(=O)c1cnc(N2CCN(Cc3nc(C)c(C)o3)CC2)c([N+](=O)[O-])c1. The predicted molar refractivity (Wildman–Crippen MR) is 95.7 cm³/mol. The van der Waals surface area contributed by atoms with Crippen LogP contribution in [0.4, 0.5) is 11.5 Å². The van der Waals surface area contributed by atoms with Crippen molar-refractivity contribution in [3.05, 3.63) is 45.3 Å². The molecule has 0 bridgehead atoms. The third-order valence-electron chi connectivity index (χ3n) is 4.57. The number of carbonyl (C=O) groups is 1. The van der Waals surface area contributed by atoms with Gasteiger partial charge in [0, 0.05) is 38.4 Å². The summed E-state index contributed by atoms with van der Waals surface area (Å²) in [5, 5.41) is 11.4. The molecule has 2 aromatic rings. The van der Waals surface area contributed by atoms with Crippen molar-refractivity contribution in [2.75, 3.05) is 38.2 Å². The van der Waals surface area contributed by atoms with Crippen molar-refractivity contribution in [1.82, 2.24) is 14.9 Å². The molecule has 10 nitrogen and oxygen atoms in total. The van der Waals surface area contributed by atoms with E-state index >= 15 is 0 Å². The van der Waals surface area contributed by atoms with Crippen LogP contribution in [0.15, 0.2) is 16.7 Å². The Kier molecular flexibility index (Phi) is 5.36. The number of nitro groups is 1. The number of pyridine rings is 1. The van der Waals surface area contributed by atoms with Crippen LogP contribution >= 0.6 is 0 Å². The summed E-state index contributed by atoms with van der Waals surface area (Å²) in [7, 11) is 1.22. The zero-order valence-electron chi connectivity index (χ0n) is 15.5. The van der Waals surface area contributed by atoms with Gasteiger partial charge in [0.1, 0.15) is 5.76 Å². The molecule has 0 amide bonds. The molecule has 1 aliphatic rings. The number of esters is 1. The molecule has 3 rings (SSSR count). The molecule has 0 spiro atoms. The van der Waals surface area contributed by atoms with Crippen molar-refractivity contribution in [2.24, 2.45) is 0 Å². The summed E-state index contributed by atoms with van der Waals surface area (Å²) < 4.78 is 10.2. The molecule has 0 radical (unpaired) electrons. The van der Waals surface area contributed by atoms with Gasteiger partial charge in [-0.1, -0.05) is 0 Å². The van der Waals surface area contributed by atoms with Crippen LogP contribution in [0.1, 0.15) is 27.7 Å². The number of anilines is 1. The van der Waals surface area contributed by atoms with Gasteiger partial charge in [-0.15, -0.1) is 0 Å². The van der Waals surface area contributed by atoms with Crippen molar-refractivity contribution in [3.63, 3.8) is 0 Å². The Morgan fingerprint density at radius 3 is 2.59 bits per heavy atom. The van der Waals surface area contributed by atoms with Gasteiger partial charge >= 0.3 is 11.7 Å². The molecule has 0 saturated carbocycles. The molecule has 0 aliphatic carbocycles. The second kappa shape index (κ2) is 7.70. The van der Waals surface area contributed by atoms with E-state index in [1.165, 1.54) is 19.4 Å². The number of rotatable bonds is 5. The van der Waals surface area contributed by atoms with Crippen molar-refractivity contribution >= 4 is 17.5 Å². The Hall–Kier alpha value is -3.01. The van der Waals surface area contributed by atoms with E-state index in [0.717, 1.165) is 11.5 Å². The smallest absolute Gasteiger partial charge is 0.339 e. The molecule has 1 fully saturated rings. The average Bonchev–Trinajstić information content (AvgIpc) is 2.98. The summed E-state index contributed by atoms with van der Waals surface area (Å²) in [6.07, 6.45) is 1.30. The third kappa shape index (κ3) is 4.05. The average molecular weight is 375 g/mol. The van der Waals surface area contributed by atoms with Gasteiger partial charge in [-0.3, -0.25) is 15.0 Å². The van der Waals surface area contributed by atoms with Crippen LogP contribution < -0.4 is 4.90 Å². The molecule has 1 saturated heterocycles. The molecular formula is C17H21N5O5. The first-order chi connectivity index (χ1) is 12.9. The zero-order valence-corrected chi connectivity index (χ0v) is 15.5. The van der Waals surface area contributed by atoms with Gasteiger partial charge in [-0.05, 0) is 13.8 Å². The third-order valence-corrected chi connectivity index (χ3v) is 4.57. The van der Waals surface area contributed by atoms with E-state index in [9.17, 15) is 14.9 Å². The highest BCUT2D eigenvalue weighted by Gasteiger charge is 2.27. The van der Waals surface area contributed by atoms with E-state index in [0.29, 0.717) is 38.6 Å². The van der Waals surface area contributed by atoms with E-state index < -0.39 is 10.9 Å². The minimum absolute atomic E-state index is 0.0567. The van der Waals surface area contributed by atoms with Gasteiger partial charge in [0.05, 0.1) is 29.8 Å². The summed E-state index contributed by atoms with van der Waals surface area (Å²) in [6, 6.07) is 1.21. The van der Waals surface area contributed by atoms with E-state index in [1.54, 1.807) is 0 Å². The van der Waals surface area contributed by atoms with E-state index in [1.807, 2.05) is 18.7 Å². The second-order valence-electron chi connectivity index (χ2n) is 6.33. The van der Waals surface area contributed by atoms with E-state index in [-0.39, 0.29) is 17.1 Å². The lowest BCUT2D eigenvalue weighted by molar-refractivity contribution is -0.384. The highest BCUT2D eigenvalue weighted by Crippen LogP contribution is 2.28. The molecule has 0 N–H and O–H groups in total. The van der Waals surface area contributed by atoms with Crippen LogP contribution in [0, 0.1) is 24.0 Å². The maximum absolute atomic E-state index is 11.6. The highest BCUT2D eigenvalue weighted by atomic mass is 16.6. The first-order valence-corrected chi connectivity index (χ1v) is 8.52. The highest BCUT2D eigenvalue weighted by molar-refractivity contribution is 5.90. The topological polar surface area (TPSA) is 115 Å². The summed E-state index contributed by atoms with van der Waals surface area (Å²) in [5.74, 6) is 1.09. The fourth-order valence-electron chi connectivity index (χ4n) is 2.97. The second-order valence-corrected chi connectivity index (χ2v) is 6.33. The maximum Gasteiger partial charge on any atom is 0.339 e. The van der Waals surface area contributed by atoms with Crippen LogP contribution in [0.3, 0.4) is 0 Å². The van der Waals surface area contributed by atoms with Gasteiger partial charge in [-0.25, -0.2) is 14.8 Å².